The molecule has 6 aromatic carbocycles. The number of para-hydroxylation sites is 3. The van der Waals surface area contributed by atoms with Crippen LogP contribution < -0.4 is 10.1 Å². The van der Waals surface area contributed by atoms with Gasteiger partial charge >= 0.3 is 0 Å². The second-order valence-corrected chi connectivity index (χ2v) is 15.6. The van der Waals surface area contributed by atoms with E-state index >= 15 is 0 Å². The number of allylic oxidation sites excluding steroid dienone is 6. The molecular formula is C51H39NO2. The fourth-order valence-electron chi connectivity index (χ4n) is 9.54. The Hall–Kier alpha value is -6.32. The van der Waals surface area contributed by atoms with E-state index in [4.69, 9.17) is 9.15 Å². The lowest BCUT2D eigenvalue weighted by Gasteiger charge is -2.29. The second-order valence-electron chi connectivity index (χ2n) is 15.6. The monoisotopic (exact) mass is 697 g/mol. The number of fused-ring (bicyclic) bond motifs is 8. The molecule has 1 N–H and O–H groups in total. The Morgan fingerprint density at radius 1 is 0.685 bits per heavy atom. The number of anilines is 2. The average Bonchev–Trinajstić information content (AvgIpc) is 3.86. The van der Waals surface area contributed by atoms with Crippen molar-refractivity contribution < 1.29 is 9.15 Å². The maximum absolute atomic E-state index is 6.58. The molecule has 0 saturated carbocycles. The molecule has 2 unspecified atom stereocenters. The summed E-state index contributed by atoms with van der Waals surface area (Å²) in [4.78, 5) is 0. The molecule has 1 aliphatic heterocycles. The van der Waals surface area contributed by atoms with Crippen molar-refractivity contribution in [2.75, 3.05) is 5.32 Å². The summed E-state index contributed by atoms with van der Waals surface area (Å²) < 4.78 is 13.1. The standard InChI is InChI=1S/C51H39NO2/c1-51(2)44-20-9-6-15-38(44)42-26-25-36(32-23-24-41-39-16-7-10-21-45(39)53-47(41)30-32)49(48(42)51)52-35-28-33(31-13-4-3-5-14-31)27-34(29-35)37-18-12-19-43-40-17-8-11-22-46(40)54-50(37)43/h3-5,7-14,16-30,41,47,52H,6,15H2,1-2H3. The highest BCUT2D eigenvalue weighted by atomic mass is 16.5. The molecular weight excluding hydrogens is 659 g/mol. The van der Waals surface area contributed by atoms with Gasteiger partial charge in [0.2, 0.25) is 0 Å². The van der Waals surface area contributed by atoms with E-state index in [-0.39, 0.29) is 17.4 Å². The van der Waals surface area contributed by atoms with E-state index in [1.807, 2.05) is 6.07 Å². The first-order chi connectivity index (χ1) is 26.5. The van der Waals surface area contributed by atoms with E-state index in [2.05, 4.69) is 171 Å². The highest BCUT2D eigenvalue weighted by Crippen LogP contribution is 2.55. The zero-order valence-electron chi connectivity index (χ0n) is 30.4. The fraction of sp³-hybridized carbons (Fsp3) is 0.137. The van der Waals surface area contributed by atoms with E-state index in [1.165, 1.54) is 44.5 Å². The minimum atomic E-state index is -0.179. The van der Waals surface area contributed by atoms with Crippen LogP contribution in [0.25, 0.3) is 55.3 Å². The van der Waals surface area contributed by atoms with Crippen molar-refractivity contribution in [1.29, 1.82) is 0 Å². The van der Waals surface area contributed by atoms with Crippen LogP contribution in [-0.4, -0.2) is 6.10 Å². The third kappa shape index (κ3) is 4.74. The Morgan fingerprint density at radius 2 is 1.48 bits per heavy atom. The summed E-state index contributed by atoms with van der Waals surface area (Å²) in [5.41, 5.74) is 17.6. The topological polar surface area (TPSA) is 34.4 Å². The zero-order valence-corrected chi connectivity index (χ0v) is 30.4. The zero-order chi connectivity index (χ0) is 36.0. The third-order valence-corrected chi connectivity index (χ3v) is 12.1. The molecule has 3 aliphatic carbocycles. The Morgan fingerprint density at radius 3 is 2.41 bits per heavy atom. The molecule has 0 amide bonds. The van der Waals surface area contributed by atoms with E-state index in [0.717, 1.165) is 68.6 Å². The van der Waals surface area contributed by atoms with Gasteiger partial charge in [-0.2, -0.15) is 0 Å². The smallest absolute Gasteiger partial charge is 0.143 e. The number of furan rings is 1. The van der Waals surface area contributed by atoms with Gasteiger partial charge in [0.15, 0.2) is 0 Å². The summed E-state index contributed by atoms with van der Waals surface area (Å²) in [5, 5.41) is 6.37. The van der Waals surface area contributed by atoms with E-state index in [0.29, 0.717) is 0 Å². The van der Waals surface area contributed by atoms with Gasteiger partial charge in [0.05, 0.1) is 5.69 Å². The van der Waals surface area contributed by atoms with Gasteiger partial charge in [-0.05, 0) is 93.8 Å². The predicted molar refractivity (Wildman–Crippen MR) is 223 cm³/mol. The van der Waals surface area contributed by atoms with Crippen molar-refractivity contribution in [3.8, 4) is 28.0 Å². The van der Waals surface area contributed by atoms with Crippen molar-refractivity contribution in [2.24, 2.45) is 0 Å². The molecule has 7 aromatic rings. The highest BCUT2D eigenvalue weighted by molar-refractivity contribution is 6.10. The lowest BCUT2D eigenvalue weighted by Crippen LogP contribution is -2.20. The van der Waals surface area contributed by atoms with Gasteiger partial charge in [0.25, 0.3) is 0 Å². The first-order valence-electron chi connectivity index (χ1n) is 19.1. The lowest BCUT2D eigenvalue weighted by atomic mass is 9.77. The number of hydrogen-bond acceptors (Lipinski definition) is 3. The van der Waals surface area contributed by atoms with Gasteiger partial charge < -0.3 is 14.5 Å². The molecule has 0 bridgehead atoms. The quantitative estimate of drug-likeness (QED) is 0.194. The van der Waals surface area contributed by atoms with Crippen LogP contribution in [0.5, 0.6) is 5.75 Å². The summed E-state index contributed by atoms with van der Waals surface area (Å²) in [6.45, 7) is 4.79. The largest absolute Gasteiger partial charge is 0.485 e. The summed E-state index contributed by atoms with van der Waals surface area (Å²) >= 11 is 0. The summed E-state index contributed by atoms with van der Waals surface area (Å²) in [7, 11) is 0. The Labute approximate surface area is 315 Å². The molecule has 11 rings (SSSR count). The Kier molecular flexibility index (Phi) is 6.85. The Bertz CT molecular complexity index is 2810. The molecule has 1 aromatic heterocycles. The number of benzene rings is 6. The van der Waals surface area contributed by atoms with Crippen molar-refractivity contribution in [1.82, 2.24) is 0 Å². The van der Waals surface area contributed by atoms with E-state index in [9.17, 15) is 0 Å². The van der Waals surface area contributed by atoms with E-state index < -0.39 is 0 Å². The molecule has 2 atom stereocenters. The molecule has 0 radical (unpaired) electrons. The number of hydrogen-bond donors (Lipinski definition) is 1. The van der Waals surface area contributed by atoms with Crippen LogP contribution >= 0.6 is 0 Å². The van der Waals surface area contributed by atoms with Crippen molar-refractivity contribution in [3.05, 3.63) is 186 Å². The predicted octanol–water partition coefficient (Wildman–Crippen LogP) is 13.6. The molecule has 54 heavy (non-hydrogen) atoms. The fourth-order valence-corrected chi connectivity index (χ4v) is 9.54. The molecule has 3 nitrogen and oxygen atoms in total. The van der Waals surface area contributed by atoms with Crippen LogP contribution in [0.2, 0.25) is 0 Å². The molecule has 3 heteroatoms. The van der Waals surface area contributed by atoms with Crippen LogP contribution in [-0.2, 0) is 5.41 Å². The second kappa shape index (κ2) is 11.8. The van der Waals surface area contributed by atoms with Gasteiger partial charge in [-0.1, -0.05) is 135 Å². The Balaban J connectivity index is 1.10. The van der Waals surface area contributed by atoms with Gasteiger partial charge in [0, 0.05) is 44.5 Å². The van der Waals surface area contributed by atoms with Crippen LogP contribution in [0.4, 0.5) is 11.4 Å². The number of rotatable bonds is 5. The maximum atomic E-state index is 6.58. The van der Waals surface area contributed by atoms with Crippen molar-refractivity contribution in [3.63, 3.8) is 0 Å². The van der Waals surface area contributed by atoms with Crippen LogP contribution in [0.1, 0.15) is 54.9 Å². The molecule has 4 aliphatic rings. The summed E-state index contributed by atoms with van der Waals surface area (Å²) in [5.74, 6) is 1.20. The van der Waals surface area contributed by atoms with Gasteiger partial charge in [0.1, 0.15) is 23.0 Å². The minimum absolute atomic E-state index is 0.0388. The first kappa shape index (κ1) is 31.2. The van der Waals surface area contributed by atoms with Gasteiger partial charge in [-0.3, -0.25) is 0 Å². The van der Waals surface area contributed by atoms with Gasteiger partial charge in [-0.15, -0.1) is 0 Å². The summed E-state index contributed by atoms with van der Waals surface area (Å²) in [6.07, 6.45) is 13.8. The van der Waals surface area contributed by atoms with Crippen LogP contribution in [0.15, 0.2) is 168 Å². The van der Waals surface area contributed by atoms with Crippen molar-refractivity contribution in [2.45, 2.75) is 44.1 Å². The van der Waals surface area contributed by atoms with Crippen LogP contribution in [0, 0.1) is 0 Å². The van der Waals surface area contributed by atoms with E-state index in [1.54, 1.807) is 0 Å². The lowest BCUT2D eigenvalue weighted by molar-refractivity contribution is 0.269. The minimum Gasteiger partial charge on any atom is -0.485 e. The average molecular weight is 698 g/mol. The third-order valence-electron chi connectivity index (χ3n) is 12.1. The normalized spacial score (nSPS) is 19.0. The molecule has 260 valence electrons. The highest BCUT2D eigenvalue weighted by Gasteiger charge is 2.41. The molecule has 0 fully saturated rings. The number of ether oxygens (including phenoxy) is 1. The number of nitrogens with one attached hydrogen (secondary N) is 1. The van der Waals surface area contributed by atoms with Crippen LogP contribution in [0.3, 0.4) is 0 Å². The molecule has 0 saturated heterocycles. The summed E-state index contributed by atoms with van der Waals surface area (Å²) in [6, 6.07) is 45.6. The maximum Gasteiger partial charge on any atom is 0.143 e. The molecule has 2 heterocycles. The van der Waals surface area contributed by atoms with Crippen molar-refractivity contribution >= 4 is 44.5 Å². The van der Waals surface area contributed by atoms with Gasteiger partial charge in [-0.25, -0.2) is 0 Å². The SMILES string of the molecule is CC1(C)C2=C(CCC=C2)c2ccc(C3=CC4Oc5ccccc5C4C=C3)c(Nc3cc(-c4ccccc4)cc(-c4cccc5c4oc4ccccc45)c3)c21. The molecule has 0 spiro atoms. The first-order valence-corrected chi connectivity index (χ1v) is 19.1.